The standard InChI is InChI=1S/C13H21NO3S/c1-13(2,3)11-6-7-12(14-10-11)17-8-5-9-18(4,15)16/h6-7,10H,5,8-9H2,1-4H3. The van der Waals surface area contributed by atoms with Crippen molar-refractivity contribution < 1.29 is 13.2 Å². The molecule has 0 spiro atoms. The summed E-state index contributed by atoms with van der Waals surface area (Å²) in [5.74, 6) is 0.684. The second-order valence-electron chi connectivity index (χ2n) is 5.47. The SMILES string of the molecule is CC(C)(C)c1ccc(OCCCS(C)(=O)=O)nc1. The second kappa shape index (κ2) is 5.69. The fourth-order valence-corrected chi connectivity index (χ4v) is 2.05. The molecule has 18 heavy (non-hydrogen) atoms. The summed E-state index contributed by atoms with van der Waals surface area (Å²) in [7, 11) is -2.91. The van der Waals surface area contributed by atoms with Crippen molar-refractivity contribution in [3.8, 4) is 5.88 Å². The van der Waals surface area contributed by atoms with Crippen LogP contribution in [0.3, 0.4) is 0 Å². The first-order valence-electron chi connectivity index (χ1n) is 5.95. The number of sulfone groups is 1. The van der Waals surface area contributed by atoms with E-state index >= 15 is 0 Å². The third-order valence-corrected chi connectivity index (χ3v) is 3.54. The number of ether oxygens (including phenoxy) is 1. The molecule has 0 aliphatic heterocycles. The summed E-state index contributed by atoms with van der Waals surface area (Å²) >= 11 is 0. The number of aromatic nitrogens is 1. The van der Waals surface area contributed by atoms with Crippen molar-refractivity contribution in [2.24, 2.45) is 0 Å². The molecule has 0 saturated carbocycles. The lowest BCUT2D eigenvalue weighted by Gasteiger charge is -2.18. The summed E-state index contributed by atoms with van der Waals surface area (Å²) in [6.45, 7) is 6.74. The van der Waals surface area contributed by atoms with Crippen LogP contribution in [0.1, 0.15) is 32.8 Å². The molecule has 1 aromatic heterocycles. The van der Waals surface area contributed by atoms with Crippen LogP contribution in [0.2, 0.25) is 0 Å². The van der Waals surface area contributed by atoms with Gasteiger partial charge in [0.1, 0.15) is 9.84 Å². The smallest absolute Gasteiger partial charge is 0.213 e. The number of hydrogen-bond donors (Lipinski definition) is 0. The fourth-order valence-electron chi connectivity index (χ4n) is 1.41. The molecule has 1 aromatic rings. The van der Waals surface area contributed by atoms with Crippen molar-refractivity contribution in [1.29, 1.82) is 0 Å². The molecule has 4 nitrogen and oxygen atoms in total. The molecule has 1 rings (SSSR count). The molecule has 0 unspecified atom stereocenters. The summed E-state index contributed by atoms with van der Waals surface area (Å²) in [6, 6.07) is 3.81. The van der Waals surface area contributed by atoms with E-state index in [1.165, 1.54) is 6.26 Å². The predicted molar refractivity (Wildman–Crippen MR) is 72.8 cm³/mol. The molecule has 1 heterocycles. The Morgan fingerprint density at radius 2 is 1.94 bits per heavy atom. The predicted octanol–water partition coefficient (Wildman–Crippen LogP) is 2.19. The van der Waals surface area contributed by atoms with E-state index in [1.807, 2.05) is 12.1 Å². The number of rotatable bonds is 5. The third-order valence-electron chi connectivity index (χ3n) is 2.51. The van der Waals surface area contributed by atoms with Crippen LogP contribution in [-0.4, -0.2) is 32.0 Å². The topological polar surface area (TPSA) is 56.3 Å². The summed E-state index contributed by atoms with van der Waals surface area (Å²) in [5.41, 5.74) is 1.22. The molecule has 0 amide bonds. The summed E-state index contributed by atoms with van der Waals surface area (Å²) in [4.78, 5) is 4.21. The van der Waals surface area contributed by atoms with Gasteiger partial charge in [0, 0.05) is 18.5 Å². The first kappa shape index (κ1) is 15.0. The van der Waals surface area contributed by atoms with E-state index in [2.05, 4.69) is 25.8 Å². The molecular formula is C13H21NO3S. The zero-order chi connectivity index (χ0) is 13.8. The Labute approximate surface area is 109 Å². The number of pyridine rings is 1. The van der Waals surface area contributed by atoms with Gasteiger partial charge in [-0.05, 0) is 17.4 Å². The molecule has 102 valence electrons. The van der Waals surface area contributed by atoms with Crippen LogP contribution in [0.15, 0.2) is 18.3 Å². The van der Waals surface area contributed by atoms with Crippen LogP contribution in [-0.2, 0) is 15.3 Å². The van der Waals surface area contributed by atoms with E-state index in [-0.39, 0.29) is 11.2 Å². The highest BCUT2D eigenvalue weighted by atomic mass is 32.2. The van der Waals surface area contributed by atoms with Gasteiger partial charge in [0.25, 0.3) is 0 Å². The largest absolute Gasteiger partial charge is 0.478 e. The number of nitrogens with zero attached hydrogens (tertiary/aromatic N) is 1. The van der Waals surface area contributed by atoms with Crippen molar-refractivity contribution in [3.63, 3.8) is 0 Å². The molecule has 0 aromatic carbocycles. The third kappa shape index (κ3) is 5.49. The van der Waals surface area contributed by atoms with Crippen molar-refractivity contribution in [1.82, 2.24) is 4.98 Å². The van der Waals surface area contributed by atoms with Crippen LogP contribution >= 0.6 is 0 Å². The average Bonchev–Trinajstić information content (AvgIpc) is 2.22. The van der Waals surface area contributed by atoms with Crippen molar-refractivity contribution >= 4 is 9.84 Å². The average molecular weight is 271 g/mol. The highest BCUT2D eigenvalue weighted by molar-refractivity contribution is 7.90. The molecule has 0 fully saturated rings. The van der Waals surface area contributed by atoms with E-state index in [4.69, 9.17) is 4.74 Å². The lowest BCUT2D eigenvalue weighted by Crippen LogP contribution is -2.12. The summed E-state index contributed by atoms with van der Waals surface area (Å²) in [5, 5.41) is 0. The molecule has 0 aliphatic rings. The van der Waals surface area contributed by atoms with Gasteiger partial charge in [-0.2, -0.15) is 0 Å². The van der Waals surface area contributed by atoms with Gasteiger partial charge in [-0.25, -0.2) is 13.4 Å². The molecule has 0 saturated heterocycles. The minimum absolute atomic E-state index is 0.0712. The van der Waals surface area contributed by atoms with Gasteiger partial charge in [0.05, 0.1) is 12.4 Å². The minimum Gasteiger partial charge on any atom is -0.478 e. The van der Waals surface area contributed by atoms with E-state index in [1.54, 1.807) is 6.20 Å². The van der Waals surface area contributed by atoms with Crippen LogP contribution in [0.5, 0.6) is 5.88 Å². The Hall–Kier alpha value is -1.10. The quantitative estimate of drug-likeness (QED) is 0.770. The van der Waals surface area contributed by atoms with Gasteiger partial charge >= 0.3 is 0 Å². The van der Waals surface area contributed by atoms with Gasteiger partial charge in [-0.3, -0.25) is 0 Å². The zero-order valence-electron chi connectivity index (χ0n) is 11.4. The first-order chi connectivity index (χ1) is 8.18. The maximum atomic E-state index is 10.9. The second-order valence-corrected chi connectivity index (χ2v) is 7.73. The Kier molecular flexibility index (Phi) is 4.73. The Bertz CT molecular complexity index is 472. The Morgan fingerprint density at radius 1 is 1.28 bits per heavy atom. The Morgan fingerprint density at radius 3 is 2.39 bits per heavy atom. The molecule has 0 atom stereocenters. The highest BCUT2D eigenvalue weighted by Crippen LogP contribution is 2.22. The minimum atomic E-state index is -2.91. The lowest BCUT2D eigenvalue weighted by atomic mass is 9.88. The molecule has 0 N–H and O–H groups in total. The monoisotopic (exact) mass is 271 g/mol. The lowest BCUT2D eigenvalue weighted by molar-refractivity contribution is 0.305. The van der Waals surface area contributed by atoms with Gasteiger partial charge in [-0.15, -0.1) is 0 Å². The maximum absolute atomic E-state index is 10.9. The first-order valence-corrected chi connectivity index (χ1v) is 8.01. The summed E-state index contributed by atoms with van der Waals surface area (Å²) in [6.07, 6.45) is 3.51. The van der Waals surface area contributed by atoms with Crippen molar-refractivity contribution in [3.05, 3.63) is 23.9 Å². The fraction of sp³-hybridized carbons (Fsp3) is 0.615. The van der Waals surface area contributed by atoms with Gasteiger partial charge in [0.2, 0.25) is 5.88 Å². The van der Waals surface area contributed by atoms with Crippen LogP contribution < -0.4 is 4.74 Å². The number of hydrogen-bond acceptors (Lipinski definition) is 4. The van der Waals surface area contributed by atoms with Gasteiger partial charge in [0.15, 0.2) is 0 Å². The molecule has 5 heteroatoms. The van der Waals surface area contributed by atoms with E-state index in [9.17, 15) is 8.42 Å². The van der Waals surface area contributed by atoms with Crippen molar-refractivity contribution in [2.45, 2.75) is 32.6 Å². The highest BCUT2D eigenvalue weighted by Gasteiger charge is 2.13. The van der Waals surface area contributed by atoms with Crippen LogP contribution in [0.25, 0.3) is 0 Å². The van der Waals surface area contributed by atoms with Crippen LogP contribution in [0, 0.1) is 0 Å². The van der Waals surface area contributed by atoms with Crippen molar-refractivity contribution in [2.75, 3.05) is 18.6 Å². The molecule has 0 radical (unpaired) electrons. The molecule has 0 aliphatic carbocycles. The summed E-state index contributed by atoms with van der Waals surface area (Å²) < 4.78 is 27.2. The van der Waals surface area contributed by atoms with Gasteiger partial charge in [-0.1, -0.05) is 26.8 Å². The van der Waals surface area contributed by atoms with Gasteiger partial charge < -0.3 is 4.74 Å². The van der Waals surface area contributed by atoms with Crippen LogP contribution in [0.4, 0.5) is 0 Å². The Balaban J connectivity index is 2.45. The normalized spacial score (nSPS) is 12.4. The zero-order valence-corrected chi connectivity index (χ0v) is 12.3. The molecular weight excluding hydrogens is 250 g/mol. The molecule has 0 bridgehead atoms. The van der Waals surface area contributed by atoms with E-state index in [0.29, 0.717) is 18.9 Å². The van der Waals surface area contributed by atoms with E-state index in [0.717, 1.165) is 5.56 Å². The van der Waals surface area contributed by atoms with E-state index < -0.39 is 9.84 Å². The maximum Gasteiger partial charge on any atom is 0.213 e.